The number of aromatic nitrogens is 2. The van der Waals surface area contributed by atoms with Crippen LogP contribution in [0.2, 0.25) is 0 Å². The van der Waals surface area contributed by atoms with E-state index in [0.717, 1.165) is 0 Å². The van der Waals surface area contributed by atoms with Crippen LogP contribution in [0.25, 0.3) is 10.9 Å². The molecule has 0 unspecified atom stereocenters. The molecule has 0 aliphatic heterocycles. The smallest absolute Gasteiger partial charge is 0.261 e. The number of nitrogens with zero attached hydrogens (tertiary/aromatic N) is 3. The lowest BCUT2D eigenvalue weighted by molar-refractivity contribution is -0.116. The van der Waals surface area contributed by atoms with E-state index in [0.29, 0.717) is 40.9 Å². The van der Waals surface area contributed by atoms with Gasteiger partial charge in [-0.2, -0.15) is 0 Å². The molecule has 8 nitrogen and oxygen atoms in total. The molecule has 0 spiro atoms. The Morgan fingerprint density at radius 1 is 1.17 bits per heavy atom. The number of ether oxygens (including phenoxy) is 1. The van der Waals surface area contributed by atoms with Crippen LogP contribution in [0.5, 0.6) is 5.75 Å². The van der Waals surface area contributed by atoms with Crippen LogP contribution in [0.4, 0.5) is 5.69 Å². The van der Waals surface area contributed by atoms with Gasteiger partial charge >= 0.3 is 0 Å². The summed E-state index contributed by atoms with van der Waals surface area (Å²) in [5.74, 6) is 0.0197. The van der Waals surface area contributed by atoms with Gasteiger partial charge in [-0.25, -0.2) is 4.98 Å². The third-order valence-electron chi connectivity index (χ3n) is 4.65. The lowest BCUT2D eigenvalue weighted by Crippen LogP contribution is -2.23. The molecule has 3 aromatic rings. The van der Waals surface area contributed by atoms with Gasteiger partial charge in [0.05, 0.1) is 29.9 Å². The molecule has 0 bridgehead atoms. The summed E-state index contributed by atoms with van der Waals surface area (Å²) in [6.07, 6.45) is 2.21. The number of anilines is 1. The Bertz CT molecular complexity index is 1140. The molecule has 0 atom stereocenters. The molecule has 30 heavy (non-hydrogen) atoms. The Morgan fingerprint density at radius 2 is 1.93 bits per heavy atom. The van der Waals surface area contributed by atoms with Gasteiger partial charge in [-0.15, -0.1) is 0 Å². The lowest BCUT2D eigenvalue weighted by atomic mass is 10.1. The molecular formula is C22H24N4O4. The van der Waals surface area contributed by atoms with Crippen LogP contribution < -0.4 is 15.6 Å². The Balaban J connectivity index is 1.63. The Labute approximate surface area is 174 Å². The molecule has 0 saturated carbocycles. The monoisotopic (exact) mass is 408 g/mol. The number of fused-ring (bicyclic) bond motifs is 1. The first kappa shape index (κ1) is 21.0. The molecule has 0 aliphatic carbocycles. The first-order chi connectivity index (χ1) is 14.4. The minimum absolute atomic E-state index is 0.122. The Morgan fingerprint density at radius 3 is 2.67 bits per heavy atom. The summed E-state index contributed by atoms with van der Waals surface area (Å²) in [5.41, 5.74) is 1.41. The first-order valence-electron chi connectivity index (χ1n) is 9.54. The molecule has 0 radical (unpaired) electrons. The van der Waals surface area contributed by atoms with E-state index in [2.05, 4.69) is 10.3 Å². The normalized spacial score (nSPS) is 10.6. The van der Waals surface area contributed by atoms with Crippen molar-refractivity contribution in [3.8, 4) is 5.75 Å². The van der Waals surface area contributed by atoms with Crippen molar-refractivity contribution in [3.05, 3.63) is 64.7 Å². The number of carbonyl (C=O) groups excluding carboxylic acids is 2. The number of hydrogen-bond acceptors (Lipinski definition) is 5. The summed E-state index contributed by atoms with van der Waals surface area (Å²) < 4.78 is 6.74. The van der Waals surface area contributed by atoms with Crippen molar-refractivity contribution in [2.75, 3.05) is 26.5 Å². The average molecular weight is 408 g/mol. The van der Waals surface area contributed by atoms with Crippen LogP contribution in [-0.4, -0.2) is 47.5 Å². The van der Waals surface area contributed by atoms with Gasteiger partial charge in [-0.3, -0.25) is 19.0 Å². The number of amides is 2. The van der Waals surface area contributed by atoms with Gasteiger partial charge in [0.2, 0.25) is 5.91 Å². The van der Waals surface area contributed by atoms with Crippen molar-refractivity contribution in [2.45, 2.75) is 19.4 Å². The van der Waals surface area contributed by atoms with Crippen LogP contribution in [0.15, 0.2) is 53.6 Å². The van der Waals surface area contributed by atoms with Crippen LogP contribution in [0.3, 0.4) is 0 Å². The van der Waals surface area contributed by atoms with Gasteiger partial charge in [0.1, 0.15) is 5.75 Å². The predicted octanol–water partition coefficient (Wildman–Crippen LogP) is 2.53. The summed E-state index contributed by atoms with van der Waals surface area (Å²) in [6.45, 7) is 0.386. The third-order valence-corrected chi connectivity index (χ3v) is 4.65. The van der Waals surface area contributed by atoms with E-state index in [1.807, 2.05) is 6.07 Å². The van der Waals surface area contributed by atoms with Gasteiger partial charge in [-0.1, -0.05) is 12.1 Å². The van der Waals surface area contributed by atoms with Gasteiger partial charge in [0.25, 0.3) is 11.5 Å². The topological polar surface area (TPSA) is 93.5 Å². The van der Waals surface area contributed by atoms with E-state index in [-0.39, 0.29) is 23.8 Å². The van der Waals surface area contributed by atoms with Gasteiger partial charge in [0, 0.05) is 32.7 Å². The lowest BCUT2D eigenvalue weighted by Gasteiger charge is -2.15. The molecule has 3 rings (SSSR count). The summed E-state index contributed by atoms with van der Waals surface area (Å²) in [5, 5.41) is 3.35. The van der Waals surface area contributed by atoms with Crippen molar-refractivity contribution in [1.29, 1.82) is 0 Å². The Kier molecular flexibility index (Phi) is 6.46. The van der Waals surface area contributed by atoms with Gasteiger partial charge < -0.3 is 15.0 Å². The molecule has 0 saturated heterocycles. The fraction of sp³-hybridized carbons (Fsp3) is 0.273. The van der Waals surface area contributed by atoms with E-state index in [9.17, 15) is 14.4 Å². The zero-order valence-corrected chi connectivity index (χ0v) is 17.2. The van der Waals surface area contributed by atoms with Gasteiger partial charge in [-0.05, 0) is 36.8 Å². The van der Waals surface area contributed by atoms with Crippen molar-refractivity contribution < 1.29 is 14.3 Å². The van der Waals surface area contributed by atoms with Crippen molar-refractivity contribution in [3.63, 3.8) is 0 Å². The fourth-order valence-corrected chi connectivity index (χ4v) is 3.09. The zero-order chi connectivity index (χ0) is 21.7. The predicted molar refractivity (Wildman–Crippen MR) is 115 cm³/mol. The zero-order valence-electron chi connectivity index (χ0n) is 17.2. The highest BCUT2D eigenvalue weighted by Crippen LogP contribution is 2.24. The molecule has 0 aliphatic rings. The van der Waals surface area contributed by atoms with Crippen molar-refractivity contribution >= 4 is 28.4 Å². The summed E-state index contributed by atoms with van der Waals surface area (Å²) in [4.78, 5) is 42.8. The second-order valence-corrected chi connectivity index (χ2v) is 7.03. The number of para-hydroxylation sites is 1. The number of aryl methyl sites for hydroxylation is 1. The molecule has 1 aromatic heterocycles. The second-order valence-electron chi connectivity index (χ2n) is 7.03. The number of benzene rings is 2. The minimum atomic E-state index is -0.217. The number of hydrogen-bond donors (Lipinski definition) is 1. The SMILES string of the molecule is COc1ccc(NC(=O)CCCn2cnc3ccccc3c2=O)cc1C(=O)N(C)C. The van der Waals surface area contributed by atoms with E-state index < -0.39 is 0 Å². The summed E-state index contributed by atoms with van der Waals surface area (Å²) >= 11 is 0. The fourth-order valence-electron chi connectivity index (χ4n) is 3.09. The maximum atomic E-state index is 12.5. The maximum absolute atomic E-state index is 12.5. The third kappa shape index (κ3) is 4.65. The second kappa shape index (κ2) is 9.21. The molecular weight excluding hydrogens is 384 g/mol. The van der Waals surface area contributed by atoms with E-state index in [1.165, 1.54) is 22.9 Å². The van der Waals surface area contributed by atoms with Crippen LogP contribution >= 0.6 is 0 Å². The highest BCUT2D eigenvalue weighted by molar-refractivity contribution is 5.99. The molecule has 156 valence electrons. The van der Waals surface area contributed by atoms with E-state index in [4.69, 9.17) is 4.74 Å². The van der Waals surface area contributed by atoms with Crippen LogP contribution in [0, 0.1) is 0 Å². The van der Waals surface area contributed by atoms with E-state index in [1.54, 1.807) is 50.5 Å². The number of carbonyl (C=O) groups is 2. The molecule has 0 fully saturated rings. The molecule has 8 heteroatoms. The van der Waals surface area contributed by atoms with Crippen molar-refractivity contribution in [1.82, 2.24) is 14.5 Å². The van der Waals surface area contributed by atoms with Crippen LogP contribution in [-0.2, 0) is 11.3 Å². The molecule has 2 amide bonds. The molecule has 1 N–H and O–H groups in total. The summed E-state index contributed by atoms with van der Waals surface area (Å²) in [7, 11) is 4.79. The highest BCUT2D eigenvalue weighted by Gasteiger charge is 2.15. The number of rotatable bonds is 7. The number of methoxy groups -OCH3 is 1. The summed E-state index contributed by atoms with van der Waals surface area (Å²) in [6, 6.07) is 12.1. The average Bonchev–Trinajstić information content (AvgIpc) is 2.75. The largest absolute Gasteiger partial charge is 0.496 e. The molecule has 1 heterocycles. The number of nitrogens with one attached hydrogen (secondary N) is 1. The standard InChI is InChI=1S/C22H24N4O4/c1-25(2)21(28)17-13-15(10-11-19(17)30-3)24-20(27)9-6-12-26-14-23-18-8-5-4-7-16(18)22(26)29/h4-5,7-8,10-11,13-14H,6,9,12H2,1-3H3,(H,24,27). The molecule has 2 aromatic carbocycles. The van der Waals surface area contributed by atoms with E-state index >= 15 is 0 Å². The van der Waals surface area contributed by atoms with Gasteiger partial charge in [0.15, 0.2) is 0 Å². The minimum Gasteiger partial charge on any atom is -0.496 e. The Hall–Kier alpha value is -3.68. The quantitative estimate of drug-likeness (QED) is 0.648. The van der Waals surface area contributed by atoms with Crippen LogP contribution in [0.1, 0.15) is 23.2 Å². The highest BCUT2D eigenvalue weighted by atomic mass is 16.5. The van der Waals surface area contributed by atoms with Crippen molar-refractivity contribution in [2.24, 2.45) is 0 Å². The first-order valence-corrected chi connectivity index (χ1v) is 9.54. The maximum Gasteiger partial charge on any atom is 0.261 e.